The van der Waals surface area contributed by atoms with Gasteiger partial charge in [0, 0.05) is 22.4 Å². The molecule has 3 nitrogen and oxygen atoms in total. The molecule has 0 aromatic heterocycles. The molecule has 1 aromatic carbocycles. The molecule has 1 amide bonds. The van der Waals surface area contributed by atoms with Crippen LogP contribution in [0.3, 0.4) is 0 Å². The Kier molecular flexibility index (Phi) is 5.11. The number of hydrogen-bond acceptors (Lipinski definition) is 3. The number of rotatable bonds is 4. The average Bonchev–Trinajstić information content (AvgIpc) is 2.44. The van der Waals surface area contributed by atoms with Crippen LogP contribution in [0, 0.1) is 11.8 Å². The van der Waals surface area contributed by atoms with E-state index in [1.165, 1.54) is 19.3 Å². The van der Waals surface area contributed by atoms with Crippen LogP contribution in [-0.4, -0.2) is 30.0 Å². The van der Waals surface area contributed by atoms with E-state index in [-0.39, 0.29) is 10.7 Å². The van der Waals surface area contributed by atoms with E-state index in [0.29, 0.717) is 12.1 Å². The summed E-state index contributed by atoms with van der Waals surface area (Å²) in [5.74, 6) is 5.72. The van der Waals surface area contributed by atoms with Crippen LogP contribution >= 0.6 is 11.8 Å². The normalized spacial score (nSPS) is 15.7. The second-order valence-corrected chi connectivity index (χ2v) is 6.28. The quantitative estimate of drug-likeness (QED) is 0.833. The first-order valence-corrected chi connectivity index (χ1v) is 8.04. The van der Waals surface area contributed by atoms with E-state index in [1.54, 1.807) is 0 Å². The highest BCUT2D eigenvalue weighted by Crippen LogP contribution is 2.42. The molecular formula is C16H20N2OS. The van der Waals surface area contributed by atoms with Crippen LogP contribution in [0.25, 0.3) is 0 Å². The number of thioether (sulfide) groups is 1. The Morgan fingerprint density at radius 1 is 1.50 bits per heavy atom. The van der Waals surface area contributed by atoms with Gasteiger partial charge in [-0.2, -0.15) is 11.8 Å². The van der Waals surface area contributed by atoms with Crippen molar-refractivity contribution in [2.45, 2.75) is 24.0 Å². The van der Waals surface area contributed by atoms with Crippen molar-refractivity contribution in [1.82, 2.24) is 5.32 Å². The molecule has 0 heterocycles. The lowest BCUT2D eigenvalue weighted by Crippen LogP contribution is -2.45. The van der Waals surface area contributed by atoms with Crippen molar-refractivity contribution in [3.8, 4) is 11.8 Å². The van der Waals surface area contributed by atoms with Gasteiger partial charge in [0.2, 0.25) is 0 Å². The van der Waals surface area contributed by atoms with Gasteiger partial charge in [0.15, 0.2) is 0 Å². The van der Waals surface area contributed by atoms with Crippen molar-refractivity contribution < 1.29 is 4.79 Å². The molecule has 1 aliphatic rings. The van der Waals surface area contributed by atoms with E-state index in [4.69, 9.17) is 5.73 Å². The lowest BCUT2D eigenvalue weighted by Gasteiger charge is -2.40. The molecule has 106 valence electrons. The summed E-state index contributed by atoms with van der Waals surface area (Å²) in [5.41, 5.74) is 6.83. The van der Waals surface area contributed by atoms with Crippen molar-refractivity contribution in [3.05, 3.63) is 35.4 Å². The molecule has 0 aliphatic heterocycles. The number of nitrogens with two attached hydrogens (primary N) is 1. The summed E-state index contributed by atoms with van der Waals surface area (Å²) >= 11 is 1.86. The summed E-state index contributed by atoms with van der Waals surface area (Å²) in [6.45, 7) is 1.07. The fourth-order valence-electron chi connectivity index (χ4n) is 2.26. The molecule has 1 aromatic rings. The highest BCUT2D eigenvalue weighted by molar-refractivity contribution is 8.00. The maximum absolute atomic E-state index is 12.2. The van der Waals surface area contributed by atoms with Gasteiger partial charge in [-0.25, -0.2) is 0 Å². The third-order valence-electron chi connectivity index (χ3n) is 3.73. The second kappa shape index (κ2) is 6.83. The number of carbonyl (C=O) groups is 1. The molecule has 1 fully saturated rings. The van der Waals surface area contributed by atoms with Gasteiger partial charge < -0.3 is 11.1 Å². The minimum absolute atomic E-state index is 0.0262. The zero-order valence-corrected chi connectivity index (χ0v) is 12.6. The van der Waals surface area contributed by atoms with E-state index < -0.39 is 0 Å². The van der Waals surface area contributed by atoms with E-state index in [1.807, 2.05) is 36.0 Å². The van der Waals surface area contributed by atoms with Crippen LogP contribution < -0.4 is 11.1 Å². The van der Waals surface area contributed by atoms with Crippen molar-refractivity contribution in [2.24, 2.45) is 5.73 Å². The van der Waals surface area contributed by atoms with Gasteiger partial charge in [0.05, 0.1) is 6.54 Å². The molecular weight excluding hydrogens is 268 g/mol. The fourth-order valence-corrected chi connectivity index (χ4v) is 3.17. The first-order valence-electron chi connectivity index (χ1n) is 6.81. The molecule has 0 saturated heterocycles. The standard InChI is InChI=1S/C16H20N2OS/c1-20-16(8-4-9-16)12-18-15(19)14-7-2-5-13(11-14)6-3-10-17/h2,5,7,11H,4,8-10,12,17H2,1H3,(H,18,19). The highest BCUT2D eigenvalue weighted by atomic mass is 32.2. The van der Waals surface area contributed by atoms with Gasteiger partial charge in [-0.3, -0.25) is 4.79 Å². The fraction of sp³-hybridized carbons (Fsp3) is 0.438. The van der Waals surface area contributed by atoms with Crippen LogP contribution in [0.4, 0.5) is 0 Å². The Hall–Kier alpha value is -1.44. The number of amides is 1. The second-order valence-electron chi connectivity index (χ2n) is 5.01. The molecule has 0 atom stereocenters. The van der Waals surface area contributed by atoms with Crippen molar-refractivity contribution >= 4 is 17.7 Å². The third kappa shape index (κ3) is 3.56. The Morgan fingerprint density at radius 2 is 2.30 bits per heavy atom. The predicted molar refractivity (Wildman–Crippen MR) is 84.8 cm³/mol. The molecule has 0 radical (unpaired) electrons. The van der Waals surface area contributed by atoms with Crippen molar-refractivity contribution in [1.29, 1.82) is 0 Å². The molecule has 4 heteroatoms. The first-order chi connectivity index (χ1) is 9.69. The summed E-state index contributed by atoms with van der Waals surface area (Å²) in [6.07, 6.45) is 5.77. The monoisotopic (exact) mass is 288 g/mol. The lowest BCUT2D eigenvalue weighted by molar-refractivity contribution is 0.0944. The average molecular weight is 288 g/mol. The summed E-state index contributed by atoms with van der Waals surface area (Å²) in [7, 11) is 0. The van der Waals surface area contributed by atoms with E-state index >= 15 is 0 Å². The Morgan fingerprint density at radius 3 is 2.90 bits per heavy atom. The predicted octanol–water partition coefficient (Wildman–Crippen LogP) is 2.01. The SMILES string of the molecule is CSC1(CNC(=O)c2cccc(C#CCN)c2)CCC1. The maximum Gasteiger partial charge on any atom is 0.251 e. The summed E-state index contributed by atoms with van der Waals surface area (Å²) < 4.78 is 0.257. The minimum Gasteiger partial charge on any atom is -0.351 e. The topological polar surface area (TPSA) is 55.1 Å². The first kappa shape index (κ1) is 15.0. The zero-order chi connectivity index (χ0) is 14.4. The maximum atomic E-state index is 12.2. The smallest absolute Gasteiger partial charge is 0.251 e. The van der Waals surface area contributed by atoms with E-state index in [9.17, 15) is 4.79 Å². The van der Waals surface area contributed by atoms with Crippen LogP contribution in [-0.2, 0) is 0 Å². The van der Waals surface area contributed by atoms with Crippen molar-refractivity contribution in [2.75, 3.05) is 19.3 Å². The van der Waals surface area contributed by atoms with Gasteiger partial charge in [-0.15, -0.1) is 0 Å². The summed E-state index contributed by atoms with van der Waals surface area (Å²) in [4.78, 5) is 12.2. The van der Waals surface area contributed by atoms with Gasteiger partial charge in [0.25, 0.3) is 5.91 Å². The molecule has 20 heavy (non-hydrogen) atoms. The van der Waals surface area contributed by atoms with E-state index in [2.05, 4.69) is 23.4 Å². The van der Waals surface area contributed by atoms with Crippen LogP contribution in [0.2, 0.25) is 0 Å². The molecule has 0 bridgehead atoms. The number of hydrogen-bond donors (Lipinski definition) is 2. The molecule has 1 aliphatic carbocycles. The molecule has 2 rings (SSSR count). The van der Waals surface area contributed by atoms with Gasteiger partial charge >= 0.3 is 0 Å². The molecule has 0 spiro atoms. The van der Waals surface area contributed by atoms with Crippen LogP contribution in [0.15, 0.2) is 24.3 Å². The molecule has 0 unspecified atom stereocenters. The number of carbonyl (C=O) groups excluding carboxylic acids is 1. The molecule has 3 N–H and O–H groups in total. The molecule has 1 saturated carbocycles. The Bertz CT molecular complexity index is 535. The van der Waals surface area contributed by atoms with Crippen molar-refractivity contribution in [3.63, 3.8) is 0 Å². The van der Waals surface area contributed by atoms with Crippen LogP contribution in [0.5, 0.6) is 0 Å². The number of benzene rings is 1. The van der Waals surface area contributed by atoms with Gasteiger partial charge in [-0.05, 0) is 37.3 Å². The zero-order valence-electron chi connectivity index (χ0n) is 11.7. The van der Waals surface area contributed by atoms with Crippen LogP contribution in [0.1, 0.15) is 35.2 Å². The van der Waals surface area contributed by atoms with Gasteiger partial charge in [0.1, 0.15) is 0 Å². The van der Waals surface area contributed by atoms with E-state index in [0.717, 1.165) is 12.1 Å². The highest BCUT2D eigenvalue weighted by Gasteiger charge is 2.36. The lowest BCUT2D eigenvalue weighted by atomic mass is 9.84. The van der Waals surface area contributed by atoms with Gasteiger partial charge in [-0.1, -0.05) is 24.3 Å². The summed E-state index contributed by atoms with van der Waals surface area (Å²) in [5, 5.41) is 3.04. The Balaban J connectivity index is 1.98. The Labute approximate surface area is 124 Å². The third-order valence-corrected chi connectivity index (χ3v) is 5.15. The minimum atomic E-state index is -0.0262. The number of nitrogens with one attached hydrogen (secondary N) is 1. The largest absolute Gasteiger partial charge is 0.351 e. The summed E-state index contributed by atoms with van der Waals surface area (Å²) in [6, 6.07) is 7.36.